The van der Waals surface area contributed by atoms with Gasteiger partial charge in [-0.15, -0.1) is 0 Å². The Morgan fingerprint density at radius 2 is 0.586 bits per heavy atom. The van der Waals surface area contributed by atoms with E-state index in [2.05, 4.69) is 243 Å². The molecule has 0 spiro atoms. The maximum atomic E-state index is 14.7. The maximum absolute atomic E-state index is 14.7. The molecule has 0 unspecified atom stereocenters. The summed E-state index contributed by atoms with van der Waals surface area (Å²) in [6.45, 7) is 3.64. The van der Waals surface area contributed by atoms with Gasteiger partial charge in [-0.25, -0.2) is 77.9 Å². The van der Waals surface area contributed by atoms with E-state index in [9.17, 15) is 91.6 Å². The predicted molar refractivity (Wildman–Crippen MR) is 490 cm³/mol. The zero-order valence-electron chi connectivity index (χ0n) is 71.4. The summed E-state index contributed by atoms with van der Waals surface area (Å²) in [5.41, 5.74) is 4.43. The number of hydrogen-bond donors (Lipinski definition) is 0. The Kier molecular flexibility index (Phi) is 37.2. The van der Waals surface area contributed by atoms with Gasteiger partial charge in [0.1, 0.15) is 45.0 Å². The first kappa shape index (κ1) is 102. The van der Waals surface area contributed by atoms with Crippen LogP contribution < -0.4 is 21.2 Å². The largest absolute Gasteiger partial charge is 0.744 e. The van der Waals surface area contributed by atoms with Crippen molar-refractivity contribution >= 4 is 87.4 Å². The van der Waals surface area contributed by atoms with Crippen molar-refractivity contribution in [3.8, 4) is 0 Å². The summed E-state index contributed by atoms with van der Waals surface area (Å²) in [6.07, 6.45) is 13.7. The second kappa shape index (κ2) is 48.3. The van der Waals surface area contributed by atoms with Crippen LogP contribution in [0.3, 0.4) is 0 Å². The van der Waals surface area contributed by atoms with Gasteiger partial charge in [0.25, 0.3) is 0 Å². The molecule has 0 heterocycles. The molecule has 3 aliphatic carbocycles. The fourth-order valence-electron chi connectivity index (χ4n) is 15.2. The van der Waals surface area contributed by atoms with Crippen molar-refractivity contribution in [2.75, 3.05) is 0 Å². The van der Waals surface area contributed by atoms with E-state index >= 15 is 0 Å². The molecule has 0 saturated heterocycles. The van der Waals surface area contributed by atoms with Crippen molar-refractivity contribution < 1.29 is 113 Å². The third kappa shape index (κ3) is 26.8. The SMILES string of the molecule is CC(C)c1ccccc1Sc1c(F)c(F)c(S(=O)(=O)[O-])c(F)c1F.O=S(=O)([O-])c1c(F)c(F)c(Sc2cc(C3CCCCC3)ccc2C2CCCCC2)c(F)c1F.O=S(=O)([O-])c1c(F)c(F)c(Sc2cccc3c2CCCC3)c(F)c1F.c1ccc([I+]c2ccccc2)cc1.c1ccc([S+](c2ccccc2)c2ccccc2)cc1.c1ccc([S+](c2ccccc2)c2ccccc2)cc1. The molecule has 14 aromatic carbocycles. The molecule has 0 aliphatic heterocycles. The van der Waals surface area contributed by atoms with E-state index in [-0.39, 0.29) is 54.8 Å². The number of aryl methyl sites for hydroxylation is 1. The van der Waals surface area contributed by atoms with E-state index in [1.165, 1.54) is 49.0 Å². The minimum absolute atomic E-state index is 0.0146. The van der Waals surface area contributed by atoms with Gasteiger partial charge >= 0.3 is 21.2 Å². The molecule has 30 heteroatoms. The van der Waals surface area contributed by atoms with E-state index in [0.29, 0.717) is 67.9 Å². The quantitative estimate of drug-likeness (QED) is 0.0233. The lowest BCUT2D eigenvalue weighted by Crippen LogP contribution is -3.61. The number of benzene rings is 14. The molecule has 133 heavy (non-hydrogen) atoms. The number of rotatable bonds is 20. The Bertz CT molecular complexity index is 6210. The van der Waals surface area contributed by atoms with Crippen molar-refractivity contribution in [2.24, 2.45) is 0 Å². The second-order valence-corrected chi connectivity index (χ2v) is 45.0. The molecule has 0 radical (unpaired) electrons. The first-order valence-electron chi connectivity index (χ1n) is 42.2. The molecule has 14 aromatic rings. The van der Waals surface area contributed by atoms with Crippen LogP contribution in [0.4, 0.5) is 52.7 Å². The normalized spacial score (nSPS) is 13.5. The topological polar surface area (TPSA) is 172 Å². The van der Waals surface area contributed by atoms with Gasteiger partial charge in [-0.1, -0.05) is 276 Å². The Labute approximate surface area is 796 Å². The predicted octanol–water partition coefficient (Wildman–Crippen LogP) is 25.4. The zero-order chi connectivity index (χ0) is 95.1. The summed E-state index contributed by atoms with van der Waals surface area (Å²) >= 11 is 1.48. The fraction of sp³-hybridized carbons (Fsp3) is 0.184. The lowest BCUT2D eigenvalue weighted by Gasteiger charge is -2.27. The van der Waals surface area contributed by atoms with E-state index in [0.717, 1.165) is 99.3 Å². The van der Waals surface area contributed by atoms with Gasteiger partial charge in [0.2, 0.25) is 0 Å². The van der Waals surface area contributed by atoms with Crippen LogP contribution in [-0.2, 0) is 65.0 Å². The molecule has 692 valence electrons. The molecular weight excluding hydrogens is 1990 g/mol. The van der Waals surface area contributed by atoms with Crippen LogP contribution in [0.1, 0.15) is 136 Å². The monoisotopic (exact) mass is 2080 g/mol. The lowest BCUT2D eigenvalue weighted by atomic mass is 9.81. The highest BCUT2D eigenvalue weighted by Gasteiger charge is 2.36. The highest BCUT2D eigenvalue weighted by atomic mass is 127. The van der Waals surface area contributed by atoms with Crippen LogP contribution in [-0.4, -0.2) is 38.9 Å². The maximum Gasteiger partial charge on any atom is 0.357 e. The fourth-order valence-corrected chi connectivity index (χ4v) is 26.9. The molecule has 2 fully saturated rings. The summed E-state index contributed by atoms with van der Waals surface area (Å²) in [7, 11) is -17.2. The van der Waals surface area contributed by atoms with E-state index < -0.39 is 130 Å². The van der Waals surface area contributed by atoms with Crippen molar-refractivity contribution in [3.05, 3.63) is 408 Å². The smallest absolute Gasteiger partial charge is 0.357 e. The van der Waals surface area contributed by atoms with E-state index in [1.54, 1.807) is 30.3 Å². The average Bonchev–Trinajstić information content (AvgIpc) is 0.768. The van der Waals surface area contributed by atoms with Crippen molar-refractivity contribution in [1.82, 2.24) is 0 Å². The molecule has 0 atom stereocenters. The molecule has 0 aromatic heterocycles. The number of fused-ring (bicyclic) bond motifs is 1. The van der Waals surface area contributed by atoms with Crippen LogP contribution in [0.15, 0.2) is 377 Å². The Morgan fingerprint density at radius 3 is 0.917 bits per heavy atom. The molecule has 17 rings (SSSR count). The van der Waals surface area contributed by atoms with Crippen molar-refractivity contribution in [3.63, 3.8) is 0 Å². The van der Waals surface area contributed by atoms with Gasteiger partial charge in [0, 0.05) is 14.7 Å². The summed E-state index contributed by atoms with van der Waals surface area (Å²) in [4.78, 5) is 0.0143. The van der Waals surface area contributed by atoms with Crippen LogP contribution in [0.25, 0.3) is 0 Å². The summed E-state index contributed by atoms with van der Waals surface area (Å²) in [5.74, 6) is -24.2. The molecule has 0 amide bonds. The van der Waals surface area contributed by atoms with Gasteiger partial charge in [0.05, 0.1) is 36.5 Å². The first-order chi connectivity index (χ1) is 63.8. The van der Waals surface area contributed by atoms with Crippen LogP contribution in [0.5, 0.6) is 0 Å². The van der Waals surface area contributed by atoms with Crippen LogP contribution in [0, 0.1) is 76.9 Å². The minimum atomic E-state index is -5.73. The van der Waals surface area contributed by atoms with E-state index in [4.69, 9.17) is 0 Å². The van der Waals surface area contributed by atoms with E-state index in [1.807, 2.05) is 38.1 Å². The number of halogens is 13. The summed E-state index contributed by atoms with van der Waals surface area (Å²) in [6, 6.07) is 103. The van der Waals surface area contributed by atoms with Crippen LogP contribution >= 0.6 is 35.3 Å². The lowest BCUT2D eigenvalue weighted by molar-refractivity contribution is -0.597. The Balaban J connectivity index is 0.000000147. The molecule has 2 saturated carbocycles. The van der Waals surface area contributed by atoms with Gasteiger partial charge < -0.3 is 13.7 Å². The van der Waals surface area contributed by atoms with Crippen LogP contribution in [0.2, 0.25) is 0 Å². The average molecular weight is 2080 g/mol. The third-order valence-electron chi connectivity index (χ3n) is 21.5. The Morgan fingerprint density at radius 1 is 0.301 bits per heavy atom. The zero-order valence-corrected chi connectivity index (χ0v) is 80.0. The van der Waals surface area contributed by atoms with Gasteiger partial charge in [-0.3, -0.25) is 0 Å². The molecular formula is C103H87F12IO9S8. The number of hydrogen-bond acceptors (Lipinski definition) is 12. The molecule has 0 N–H and O–H groups in total. The van der Waals surface area contributed by atoms with Gasteiger partial charge in [-0.05, 0) is 212 Å². The summed E-state index contributed by atoms with van der Waals surface area (Å²) in [5, 5.41) is 0. The molecule has 9 nitrogen and oxygen atoms in total. The molecule has 0 bridgehead atoms. The first-order valence-corrected chi connectivity index (χ1v) is 53.4. The third-order valence-corrected chi connectivity index (χ3v) is 34.7. The van der Waals surface area contributed by atoms with Gasteiger partial charge in [0.15, 0.2) is 106 Å². The highest BCUT2D eigenvalue weighted by molar-refractivity contribution is 8.00. The molecule has 3 aliphatic rings. The van der Waals surface area contributed by atoms with Gasteiger partial charge in [-0.2, -0.15) is 0 Å². The standard InChI is InChI=1S/C24H26F4O3S2.2C18H15S.C16H12F4O3S2.C15H12F4O3S2.C12H10I/c25-19-21(27)24(33(29,30)31)22(28)20(26)23(19)32-18-13-16(14-7-3-1-4-8-14)11-12-17(18)15-9-5-2-6-10-15;2*1-4-10-16(11-5-1)19(17-12-6-2-7-13-17)18-14-8-3-9-15-18;17-11-13(19)16(25(21,22)23)14(20)12(18)15(11)24-10-7-3-5-8-4-1-2-6-9(8)10;1-7(2)8-5-3-4-6-9(8)23-14-10(16)12(18)15(24(20,21)22)13(19)11(14)17;1-3-7-11(8-4-1)13-12-9-5-2-6-10-12/h11-15H,1-10H2,(H,29,30,31);2*1-15H;3,5,7H,1-2,4,6H2,(H,21,22,23);3-7H,1-2H3,(H,20,21,22);1-10H/q;2*+1;;;+1/p-3. The Hall–Kier alpha value is -9.55. The van der Waals surface area contributed by atoms with Crippen molar-refractivity contribution in [1.29, 1.82) is 0 Å². The van der Waals surface area contributed by atoms with Crippen molar-refractivity contribution in [2.45, 2.75) is 195 Å². The summed E-state index contributed by atoms with van der Waals surface area (Å²) < 4.78 is 271. The second-order valence-electron chi connectivity index (χ2n) is 30.8. The minimum Gasteiger partial charge on any atom is -0.744 e. The highest BCUT2D eigenvalue weighted by Crippen LogP contribution is 2.48.